The van der Waals surface area contributed by atoms with Crippen LogP contribution in [-0.4, -0.2) is 23.0 Å². The Balaban J connectivity index is 2.28. The summed E-state index contributed by atoms with van der Waals surface area (Å²) in [6.45, 7) is 0. The molecule has 1 N–H and O–H groups in total. The molecule has 18 heavy (non-hydrogen) atoms. The van der Waals surface area contributed by atoms with E-state index in [1.54, 1.807) is 24.3 Å². The normalized spacial score (nSPS) is 9.89. The highest BCUT2D eigenvalue weighted by molar-refractivity contribution is 6.30. The molecule has 2 rings (SSSR count). The van der Waals surface area contributed by atoms with Crippen molar-refractivity contribution in [1.82, 2.24) is 9.97 Å². The van der Waals surface area contributed by atoms with Gasteiger partial charge in [0.05, 0.1) is 7.11 Å². The van der Waals surface area contributed by atoms with E-state index in [4.69, 9.17) is 11.6 Å². The van der Waals surface area contributed by atoms with Crippen molar-refractivity contribution in [2.75, 3.05) is 12.4 Å². The van der Waals surface area contributed by atoms with Gasteiger partial charge in [0, 0.05) is 23.1 Å². The van der Waals surface area contributed by atoms with Crippen LogP contribution in [0.2, 0.25) is 5.02 Å². The number of nitrogens with one attached hydrogen (secondary N) is 1. The van der Waals surface area contributed by atoms with E-state index < -0.39 is 5.97 Å². The van der Waals surface area contributed by atoms with Gasteiger partial charge >= 0.3 is 5.97 Å². The molecule has 1 heterocycles. The van der Waals surface area contributed by atoms with E-state index in [0.717, 1.165) is 5.69 Å². The Morgan fingerprint density at radius 3 is 2.56 bits per heavy atom. The second-order valence-corrected chi connectivity index (χ2v) is 3.81. The molecule has 0 atom stereocenters. The molecule has 0 aliphatic heterocycles. The Kier molecular flexibility index (Phi) is 3.74. The number of aromatic nitrogens is 2. The van der Waals surface area contributed by atoms with Crippen LogP contribution < -0.4 is 5.32 Å². The summed E-state index contributed by atoms with van der Waals surface area (Å²) in [6, 6.07) is 7.02. The van der Waals surface area contributed by atoms with E-state index in [1.165, 1.54) is 19.5 Å². The molecule has 6 heteroatoms. The number of rotatable bonds is 3. The number of hydrogen-bond acceptors (Lipinski definition) is 5. The van der Waals surface area contributed by atoms with Crippen LogP contribution in [0, 0.1) is 0 Å². The van der Waals surface area contributed by atoms with Crippen molar-refractivity contribution in [3.63, 3.8) is 0 Å². The molecule has 0 amide bonds. The molecule has 1 aromatic carbocycles. The van der Waals surface area contributed by atoms with Crippen LogP contribution in [0.4, 0.5) is 11.5 Å². The van der Waals surface area contributed by atoms with Gasteiger partial charge in [-0.2, -0.15) is 0 Å². The molecular weight excluding hydrogens is 254 g/mol. The van der Waals surface area contributed by atoms with Gasteiger partial charge < -0.3 is 10.1 Å². The van der Waals surface area contributed by atoms with Gasteiger partial charge in [-0.3, -0.25) is 0 Å². The first kappa shape index (κ1) is 12.3. The molecule has 0 spiro atoms. The Hall–Kier alpha value is -2.14. The van der Waals surface area contributed by atoms with Gasteiger partial charge in [-0.15, -0.1) is 0 Å². The highest BCUT2D eigenvalue weighted by Crippen LogP contribution is 2.19. The second-order valence-electron chi connectivity index (χ2n) is 3.38. The Morgan fingerprint density at radius 1 is 1.22 bits per heavy atom. The lowest BCUT2D eigenvalue weighted by atomic mass is 10.3. The number of methoxy groups -OCH3 is 1. The molecule has 92 valence electrons. The standard InChI is InChI=1S/C12H10ClN3O2/c1-18-12(17)10-11(15-7-6-14-10)16-9-4-2-8(13)3-5-9/h2-7H,1H3,(H,15,16). The summed E-state index contributed by atoms with van der Waals surface area (Å²) in [5.74, 6) is -0.203. The van der Waals surface area contributed by atoms with Crippen LogP contribution in [0.3, 0.4) is 0 Å². The highest BCUT2D eigenvalue weighted by atomic mass is 35.5. The lowest BCUT2D eigenvalue weighted by Gasteiger charge is -2.08. The molecule has 0 aliphatic rings. The summed E-state index contributed by atoms with van der Waals surface area (Å²) in [4.78, 5) is 19.5. The zero-order valence-electron chi connectivity index (χ0n) is 9.55. The molecule has 1 aromatic heterocycles. The van der Waals surface area contributed by atoms with Gasteiger partial charge in [0.25, 0.3) is 0 Å². The van der Waals surface area contributed by atoms with Gasteiger partial charge in [0.1, 0.15) is 0 Å². The van der Waals surface area contributed by atoms with Gasteiger partial charge in [0.15, 0.2) is 11.5 Å². The van der Waals surface area contributed by atoms with Crippen molar-refractivity contribution < 1.29 is 9.53 Å². The van der Waals surface area contributed by atoms with E-state index in [9.17, 15) is 4.79 Å². The average Bonchev–Trinajstić information content (AvgIpc) is 2.41. The number of ether oxygens (including phenoxy) is 1. The van der Waals surface area contributed by atoms with E-state index in [-0.39, 0.29) is 5.69 Å². The molecule has 5 nitrogen and oxygen atoms in total. The zero-order chi connectivity index (χ0) is 13.0. The molecule has 0 aliphatic carbocycles. The average molecular weight is 264 g/mol. The van der Waals surface area contributed by atoms with Crippen LogP contribution in [0.5, 0.6) is 0 Å². The number of esters is 1. The molecule has 0 bridgehead atoms. The van der Waals surface area contributed by atoms with E-state index in [2.05, 4.69) is 20.0 Å². The third kappa shape index (κ3) is 2.75. The molecular formula is C12H10ClN3O2. The molecule has 0 fully saturated rings. The van der Waals surface area contributed by atoms with Crippen LogP contribution >= 0.6 is 11.6 Å². The first-order chi connectivity index (χ1) is 8.70. The van der Waals surface area contributed by atoms with Crippen LogP contribution in [0.25, 0.3) is 0 Å². The summed E-state index contributed by atoms with van der Waals surface area (Å²) >= 11 is 5.79. The van der Waals surface area contributed by atoms with Crippen molar-refractivity contribution in [1.29, 1.82) is 0 Å². The van der Waals surface area contributed by atoms with Crippen LogP contribution in [0.15, 0.2) is 36.7 Å². The van der Waals surface area contributed by atoms with Gasteiger partial charge in [-0.25, -0.2) is 14.8 Å². The monoisotopic (exact) mass is 263 g/mol. The highest BCUT2D eigenvalue weighted by Gasteiger charge is 2.14. The lowest BCUT2D eigenvalue weighted by Crippen LogP contribution is -2.09. The number of nitrogens with zero attached hydrogens (tertiary/aromatic N) is 2. The number of benzene rings is 1. The van der Waals surface area contributed by atoms with Gasteiger partial charge in [-0.05, 0) is 24.3 Å². The Bertz CT molecular complexity index is 558. The smallest absolute Gasteiger partial charge is 0.360 e. The maximum Gasteiger partial charge on any atom is 0.360 e. The molecule has 0 saturated carbocycles. The number of anilines is 2. The first-order valence-electron chi connectivity index (χ1n) is 5.12. The number of carbonyl (C=O) groups is 1. The predicted molar refractivity (Wildman–Crippen MR) is 68.1 cm³/mol. The fourth-order valence-corrected chi connectivity index (χ4v) is 1.47. The summed E-state index contributed by atoms with van der Waals surface area (Å²) in [7, 11) is 1.29. The second kappa shape index (κ2) is 5.46. The molecule has 0 radical (unpaired) electrons. The van der Waals surface area contributed by atoms with E-state index >= 15 is 0 Å². The van der Waals surface area contributed by atoms with Gasteiger partial charge in [0.2, 0.25) is 0 Å². The fraction of sp³-hybridized carbons (Fsp3) is 0.0833. The number of carbonyl (C=O) groups excluding carboxylic acids is 1. The SMILES string of the molecule is COC(=O)c1nccnc1Nc1ccc(Cl)cc1. The quantitative estimate of drug-likeness (QED) is 0.863. The van der Waals surface area contributed by atoms with Crippen molar-refractivity contribution in [2.45, 2.75) is 0 Å². The number of hydrogen-bond donors (Lipinski definition) is 1. The van der Waals surface area contributed by atoms with E-state index in [0.29, 0.717) is 10.8 Å². The predicted octanol–water partition coefficient (Wildman–Crippen LogP) is 2.66. The molecule has 0 unspecified atom stereocenters. The minimum absolute atomic E-state index is 0.134. The topological polar surface area (TPSA) is 64.1 Å². The van der Waals surface area contributed by atoms with Crippen molar-refractivity contribution in [2.24, 2.45) is 0 Å². The third-order valence-corrected chi connectivity index (χ3v) is 2.44. The fourth-order valence-electron chi connectivity index (χ4n) is 1.35. The third-order valence-electron chi connectivity index (χ3n) is 2.18. The van der Waals surface area contributed by atoms with E-state index in [1.807, 2.05) is 0 Å². The van der Waals surface area contributed by atoms with Crippen molar-refractivity contribution >= 4 is 29.1 Å². The first-order valence-corrected chi connectivity index (χ1v) is 5.50. The van der Waals surface area contributed by atoms with Crippen LogP contribution in [0.1, 0.15) is 10.5 Å². The van der Waals surface area contributed by atoms with Crippen LogP contribution in [-0.2, 0) is 4.74 Å². The summed E-state index contributed by atoms with van der Waals surface area (Å²) < 4.78 is 4.63. The molecule has 0 saturated heterocycles. The number of halogens is 1. The van der Waals surface area contributed by atoms with Crippen molar-refractivity contribution in [3.8, 4) is 0 Å². The zero-order valence-corrected chi connectivity index (χ0v) is 10.3. The minimum atomic E-state index is -0.542. The summed E-state index contributed by atoms with van der Waals surface area (Å²) in [5.41, 5.74) is 0.889. The maximum absolute atomic E-state index is 11.5. The molecule has 2 aromatic rings. The Labute approximate surface area is 109 Å². The maximum atomic E-state index is 11.5. The summed E-state index contributed by atoms with van der Waals surface area (Å²) in [6.07, 6.45) is 2.92. The largest absolute Gasteiger partial charge is 0.464 e. The minimum Gasteiger partial charge on any atom is -0.464 e. The van der Waals surface area contributed by atoms with Gasteiger partial charge in [-0.1, -0.05) is 11.6 Å². The summed E-state index contributed by atoms with van der Waals surface area (Å²) in [5, 5.41) is 3.61. The Morgan fingerprint density at radius 2 is 1.89 bits per heavy atom. The van der Waals surface area contributed by atoms with Crippen molar-refractivity contribution in [3.05, 3.63) is 47.4 Å². The lowest BCUT2D eigenvalue weighted by molar-refractivity contribution is 0.0595.